The third-order valence-corrected chi connectivity index (χ3v) is 5.69. The van der Waals surface area contributed by atoms with Gasteiger partial charge in [0.1, 0.15) is 11.6 Å². The van der Waals surface area contributed by atoms with E-state index in [0.717, 1.165) is 16.3 Å². The fourth-order valence-corrected chi connectivity index (χ4v) is 3.58. The first kappa shape index (κ1) is 25.9. The lowest BCUT2D eigenvalue weighted by Gasteiger charge is -2.28. The number of amides is 3. The highest BCUT2D eigenvalue weighted by Gasteiger charge is 2.33. The van der Waals surface area contributed by atoms with Crippen molar-refractivity contribution in [3.8, 4) is 0 Å². The molecule has 0 aliphatic carbocycles. The van der Waals surface area contributed by atoms with Crippen molar-refractivity contribution in [3.05, 3.63) is 83.9 Å². The highest BCUT2D eigenvalue weighted by molar-refractivity contribution is 6.00. The normalized spacial score (nSPS) is 13.0. The smallest absolute Gasteiger partial charge is 0.252 e. The van der Waals surface area contributed by atoms with E-state index in [-0.39, 0.29) is 19.5 Å². The highest BCUT2D eigenvalue weighted by atomic mass is 16.3. The monoisotopic (exact) mass is 476 g/mol. The summed E-state index contributed by atoms with van der Waals surface area (Å²) < 4.78 is 0. The number of aliphatic hydroxyl groups is 1. The van der Waals surface area contributed by atoms with Crippen LogP contribution in [0.1, 0.15) is 29.8 Å². The van der Waals surface area contributed by atoms with Gasteiger partial charge in [0.05, 0.1) is 6.10 Å². The van der Waals surface area contributed by atoms with Crippen molar-refractivity contribution >= 4 is 28.5 Å². The largest absolute Gasteiger partial charge is 0.390 e. The second-order valence-corrected chi connectivity index (χ2v) is 8.99. The molecule has 6 N–H and O–H groups in total. The Morgan fingerprint density at radius 2 is 1.60 bits per heavy atom. The molecule has 0 aromatic heterocycles. The zero-order valence-corrected chi connectivity index (χ0v) is 20.0. The average Bonchev–Trinajstić information content (AvgIpc) is 2.86. The molecule has 3 amide bonds. The van der Waals surface area contributed by atoms with E-state index >= 15 is 0 Å². The molecule has 0 aliphatic rings. The van der Waals surface area contributed by atoms with Crippen LogP contribution in [0.15, 0.2) is 72.8 Å². The van der Waals surface area contributed by atoms with Gasteiger partial charge in [0.2, 0.25) is 11.8 Å². The number of aliphatic hydroxyl groups excluding tert-OH is 1. The number of carbonyl (C=O) groups is 3. The highest BCUT2D eigenvalue weighted by Crippen LogP contribution is 2.17. The van der Waals surface area contributed by atoms with E-state index in [1.807, 2.05) is 42.5 Å². The molecule has 0 aliphatic heterocycles. The average molecular weight is 477 g/mol. The van der Waals surface area contributed by atoms with Crippen molar-refractivity contribution in [2.75, 3.05) is 13.1 Å². The maximum atomic E-state index is 13.2. The summed E-state index contributed by atoms with van der Waals surface area (Å²) in [6, 6.07) is 21.4. The summed E-state index contributed by atoms with van der Waals surface area (Å²) in [7, 11) is 0. The second-order valence-electron chi connectivity index (χ2n) is 8.99. The Morgan fingerprint density at radius 3 is 2.29 bits per heavy atom. The molecular formula is C27H32N4O4. The van der Waals surface area contributed by atoms with E-state index in [1.165, 1.54) is 0 Å². The number of hydrogen-bond acceptors (Lipinski definition) is 5. The second kappa shape index (κ2) is 11.6. The van der Waals surface area contributed by atoms with Gasteiger partial charge in [0, 0.05) is 25.1 Å². The molecule has 3 aromatic carbocycles. The first-order valence-electron chi connectivity index (χ1n) is 11.5. The summed E-state index contributed by atoms with van der Waals surface area (Å²) >= 11 is 0. The van der Waals surface area contributed by atoms with Gasteiger partial charge < -0.3 is 26.8 Å². The predicted molar refractivity (Wildman–Crippen MR) is 136 cm³/mol. The molecule has 0 radical (unpaired) electrons. The fraction of sp³-hybridized carbons (Fsp3) is 0.296. The van der Waals surface area contributed by atoms with Crippen LogP contribution in [0.5, 0.6) is 0 Å². The van der Waals surface area contributed by atoms with Crippen LogP contribution in [0.3, 0.4) is 0 Å². The van der Waals surface area contributed by atoms with Crippen LogP contribution in [-0.2, 0) is 16.0 Å². The van der Waals surface area contributed by atoms with Crippen LogP contribution in [0.2, 0.25) is 0 Å². The minimum atomic E-state index is -1.29. The van der Waals surface area contributed by atoms with Gasteiger partial charge in [-0.3, -0.25) is 14.4 Å². The Morgan fingerprint density at radius 1 is 0.943 bits per heavy atom. The van der Waals surface area contributed by atoms with Gasteiger partial charge in [-0.1, -0.05) is 60.7 Å². The fourth-order valence-electron chi connectivity index (χ4n) is 3.58. The lowest BCUT2D eigenvalue weighted by Crippen LogP contribution is -2.59. The van der Waals surface area contributed by atoms with Crippen molar-refractivity contribution < 1.29 is 19.5 Å². The SMILES string of the molecule is CC(C)(NC(=O)c1ccccc1)C(=O)N[C@H](Cc1ccc2ccccc2c1)C(=O)NCC(O)CN. The van der Waals surface area contributed by atoms with Crippen LogP contribution in [0.25, 0.3) is 10.8 Å². The maximum absolute atomic E-state index is 13.2. The summed E-state index contributed by atoms with van der Waals surface area (Å²) in [5, 5.41) is 20.0. The van der Waals surface area contributed by atoms with Crippen molar-refractivity contribution in [3.63, 3.8) is 0 Å². The van der Waals surface area contributed by atoms with Crippen LogP contribution in [0.4, 0.5) is 0 Å². The Bertz CT molecular complexity index is 1180. The van der Waals surface area contributed by atoms with Crippen LogP contribution in [0, 0.1) is 0 Å². The Hall–Kier alpha value is -3.75. The van der Waals surface area contributed by atoms with Crippen molar-refractivity contribution in [2.24, 2.45) is 5.73 Å². The molecule has 3 rings (SSSR count). The molecule has 2 atom stereocenters. The summed E-state index contributed by atoms with van der Waals surface area (Å²) in [5.41, 5.74) is 5.43. The summed E-state index contributed by atoms with van der Waals surface area (Å²) in [6.07, 6.45) is -0.665. The third kappa shape index (κ3) is 7.11. The molecule has 3 aromatic rings. The Kier molecular flexibility index (Phi) is 8.57. The van der Waals surface area contributed by atoms with E-state index < -0.39 is 35.4 Å². The van der Waals surface area contributed by atoms with Crippen LogP contribution in [-0.4, -0.2) is 53.6 Å². The van der Waals surface area contributed by atoms with Crippen molar-refractivity contribution in [1.82, 2.24) is 16.0 Å². The standard InChI is InChI=1S/C27H32N4O4/c1-27(2,31-24(33)20-9-4-3-5-10-20)26(35)30-23(25(34)29-17-22(32)16-28)15-18-12-13-19-8-6-7-11-21(19)14-18/h3-14,22-23,32H,15-17,28H2,1-2H3,(H,29,34)(H,30,35)(H,31,33)/t22?,23-/m1/s1. The Labute approximate surface area is 204 Å². The molecule has 8 nitrogen and oxygen atoms in total. The molecule has 0 saturated carbocycles. The van der Waals surface area contributed by atoms with Crippen molar-refractivity contribution in [2.45, 2.75) is 38.0 Å². The summed E-state index contributed by atoms with van der Waals surface area (Å²) in [4.78, 5) is 38.7. The van der Waals surface area contributed by atoms with Gasteiger partial charge in [0.25, 0.3) is 5.91 Å². The minimum Gasteiger partial charge on any atom is -0.390 e. The van der Waals surface area contributed by atoms with Gasteiger partial charge in [0.15, 0.2) is 0 Å². The zero-order chi connectivity index (χ0) is 25.4. The molecule has 184 valence electrons. The summed E-state index contributed by atoms with van der Waals surface area (Å²) in [6.45, 7) is 3.12. The minimum absolute atomic E-state index is 0.000525. The Balaban J connectivity index is 1.76. The molecule has 0 fully saturated rings. The van der Waals surface area contributed by atoms with Gasteiger partial charge in [-0.2, -0.15) is 0 Å². The van der Waals surface area contributed by atoms with E-state index in [0.29, 0.717) is 5.56 Å². The van der Waals surface area contributed by atoms with Gasteiger partial charge in [-0.25, -0.2) is 0 Å². The van der Waals surface area contributed by atoms with Gasteiger partial charge in [-0.05, 0) is 42.3 Å². The molecule has 8 heteroatoms. The number of fused-ring (bicyclic) bond motifs is 1. The number of hydrogen-bond donors (Lipinski definition) is 5. The zero-order valence-electron chi connectivity index (χ0n) is 20.0. The van der Waals surface area contributed by atoms with E-state index in [1.54, 1.807) is 44.2 Å². The molecule has 0 spiro atoms. The number of nitrogens with two attached hydrogens (primary N) is 1. The molecule has 0 heterocycles. The molecule has 0 bridgehead atoms. The number of nitrogens with one attached hydrogen (secondary N) is 3. The third-order valence-electron chi connectivity index (χ3n) is 5.69. The summed E-state index contributed by atoms with van der Waals surface area (Å²) in [5.74, 6) is -1.36. The van der Waals surface area contributed by atoms with E-state index in [4.69, 9.17) is 5.73 Å². The molecule has 0 saturated heterocycles. The van der Waals surface area contributed by atoms with Gasteiger partial charge >= 0.3 is 0 Å². The maximum Gasteiger partial charge on any atom is 0.252 e. The first-order valence-corrected chi connectivity index (χ1v) is 11.5. The lowest BCUT2D eigenvalue weighted by atomic mass is 9.98. The topological polar surface area (TPSA) is 134 Å². The van der Waals surface area contributed by atoms with Crippen molar-refractivity contribution in [1.29, 1.82) is 0 Å². The number of benzene rings is 3. The van der Waals surface area contributed by atoms with Crippen LogP contribution < -0.4 is 21.7 Å². The number of carbonyl (C=O) groups excluding carboxylic acids is 3. The predicted octanol–water partition coefficient (Wildman–Crippen LogP) is 1.51. The molecule has 1 unspecified atom stereocenters. The van der Waals surface area contributed by atoms with E-state index in [2.05, 4.69) is 16.0 Å². The first-order chi connectivity index (χ1) is 16.7. The molecular weight excluding hydrogens is 444 g/mol. The number of rotatable bonds is 10. The molecule has 35 heavy (non-hydrogen) atoms. The lowest BCUT2D eigenvalue weighted by molar-refractivity contribution is -0.132. The van der Waals surface area contributed by atoms with Gasteiger partial charge in [-0.15, -0.1) is 0 Å². The van der Waals surface area contributed by atoms with E-state index in [9.17, 15) is 19.5 Å². The van der Waals surface area contributed by atoms with Crippen LogP contribution >= 0.6 is 0 Å². The quantitative estimate of drug-likeness (QED) is 0.302.